The van der Waals surface area contributed by atoms with Crippen LogP contribution in [-0.2, 0) is 27.7 Å². The molecule has 0 radical (unpaired) electrons. The zero-order valence-electron chi connectivity index (χ0n) is 11.5. The van der Waals surface area contributed by atoms with Crippen LogP contribution in [0.15, 0.2) is 17.0 Å². The highest BCUT2D eigenvalue weighted by atomic mass is 32.2. The summed E-state index contributed by atoms with van der Waals surface area (Å²) in [4.78, 5) is 11.6. The number of hydrogen-bond donors (Lipinski definition) is 2. The molecule has 0 saturated heterocycles. The predicted octanol–water partition coefficient (Wildman–Crippen LogP) is 1.81. The number of primary sulfonamides is 1. The SMILES string of the molecule is CCC(=O)Nc1c(CC)cc(S(N)(=O)=O)cc1CC. The van der Waals surface area contributed by atoms with E-state index >= 15 is 0 Å². The molecule has 3 N–H and O–H groups in total. The first-order valence-corrected chi connectivity index (χ1v) is 7.86. The maximum Gasteiger partial charge on any atom is 0.238 e. The third kappa shape index (κ3) is 3.78. The topological polar surface area (TPSA) is 89.3 Å². The molecule has 0 unspecified atom stereocenters. The summed E-state index contributed by atoms with van der Waals surface area (Å²) < 4.78 is 22.9. The van der Waals surface area contributed by atoms with Crippen LogP contribution < -0.4 is 10.5 Å². The van der Waals surface area contributed by atoms with Gasteiger partial charge < -0.3 is 5.32 Å². The van der Waals surface area contributed by atoms with E-state index in [9.17, 15) is 13.2 Å². The van der Waals surface area contributed by atoms with E-state index in [-0.39, 0.29) is 10.8 Å². The lowest BCUT2D eigenvalue weighted by Crippen LogP contribution is -2.16. The van der Waals surface area contributed by atoms with Crippen molar-refractivity contribution in [1.82, 2.24) is 0 Å². The van der Waals surface area contributed by atoms with Crippen molar-refractivity contribution in [3.05, 3.63) is 23.3 Å². The van der Waals surface area contributed by atoms with Crippen LogP contribution in [0.5, 0.6) is 0 Å². The van der Waals surface area contributed by atoms with Crippen molar-refractivity contribution in [2.75, 3.05) is 5.32 Å². The van der Waals surface area contributed by atoms with Gasteiger partial charge in [-0.25, -0.2) is 13.6 Å². The van der Waals surface area contributed by atoms with Gasteiger partial charge in [0, 0.05) is 12.1 Å². The Bertz CT molecular complexity index is 555. The van der Waals surface area contributed by atoms with Crippen LogP contribution in [0.2, 0.25) is 0 Å². The lowest BCUT2D eigenvalue weighted by Gasteiger charge is -2.15. The van der Waals surface area contributed by atoms with Gasteiger partial charge in [-0.1, -0.05) is 20.8 Å². The number of amides is 1. The molecule has 0 heterocycles. The largest absolute Gasteiger partial charge is 0.326 e. The Hall–Kier alpha value is -1.40. The quantitative estimate of drug-likeness (QED) is 0.864. The average Bonchev–Trinajstić information content (AvgIpc) is 2.37. The molecular weight excluding hydrogens is 264 g/mol. The molecule has 0 bridgehead atoms. The van der Waals surface area contributed by atoms with Gasteiger partial charge in [-0.3, -0.25) is 4.79 Å². The van der Waals surface area contributed by atoms with E-state index in [0.717, 1.165) is 11.1 Å². The highest BCUT2D eigenvalue weighted by molar-refractivity contribution is 7.89. The first-order valence-electron chi connectivity index (χ1n) is 6.31. The number of rotatable bonds is 5. The fourth-order valence-corrected chi connectivity index (χ4v) is 2.46. The number of carbonyl (C=O) groups is 1. The summed E-state index contributed by atoms with van der Waals surface area (Å²) in [6, 6.07) is 3.06. The second-order valence-corrected chi connectivity index (χ2v) is 5.83. The first kappa shape index (κ1) is 15.7. The van der Waals surface area contributed by atoms with E-state index in [1.165, 1.54) is 12.1 Å². The maximum absolute atomic E-state index is 11.5. The van der Waals surface area contributed by atoms with E-state index in [1.54, 1.807) is 6.92 Å². The van der Waals surface area contributed by atoms with E-state index in [0.29, 0.717) is 24.9 Å². The van der Waals surface area contributed by atoms with Crippen LogP contribution in [0.1, 0.15) is 38.3 Å². The second-order valence-electron chi connectivity index (χ2n) is 4.27. The van der Waals surface area contributed by atoms with Crippen molar-refractivity contribution in [2.45, 2.75) is 44.9 Å². The Labute approximate surface area is 114 Å². The van der Waals surface area contributed by atoms with E-state index < -0.39 is 10.0 Å². The smallest absolute Gasteiger partial charge is 0.238 e. The number of sulfonamides is 1. The van der Waals surface area contributed by atoms with E-state index in [1.807, 2.05) is 13.8 Å². The van der Waals surface area contributed by atoms with Gasteiger partial charge in [0.15, 0.2) is 0 Å². The molecule has 6 heteroatoms. The van der Waals surface area contributed by atoms with Gasteiger partial charge in [-0.05, 0) is 36.1 Å². The number of carbonyl (C=O) groups excluding carboxylic acids is 1. The third-order valence-corrected chi connectivity index (χ3v) is 3.84. The standard InChI is InChI=1S/C13H20N2O3S/c1-4-9-7-11(19(14,17)18)8-10(5-2)13(9)15-12(16)6-3/h7-8H,4-6H2,1-3H3,(H,15,16)(H2,14,17,18). The monoisotopic (exact) mass is 284 g/mol. The Morgan fingerprint density at radius 2 is 1.63 bits per heavy atom. The number of benzene rings is 1. The number of aryl methyl sites for hydroxylation is 2. The normalized spacial score (nSPS) is 11.4. The maximum atomic E-state index is 11.5. The van der Waals surface area contributed by atoms with Crippen LogP contribution >= 0.6 is 0 Å². The minimum Gasteiger partial charge on any atom is -0.326 e. The van der Waals surface area contributed by atoms with Crippen molar-refractivity contribution >= 4 is 21.6 Å². The van der Waals surface area contributed by atoms with Gasteiger partial charge in [0.25, 0.3) is 0 Å². The molecule has 0 spiro atoms. The van der Waals surface area contributed by atoms with Gasteiger partial charge in [-0.15, -0.1) is 0 Å². The Kier molecular flexibility index (Phi) is 5.08. The van der Waals surface area contributed by atoms with Gasteiger partial charge in [0.2, 0.25) is 15.9 Å². The Morgan fingerprint density at radius 1 is 1.16 bits per heavy atom. The summed E-state index contributed by atoms with van der Waals surface area (Å²) in [5.74, 6) is -0.0900. The van der Waals surface area contributed by atoms with E-state index in [4.69, 9.17) is 5.14 Å². The fraction of sp³-hybridized carbons (Fsp3) is 0.462. The first-order chi connectivity index (χ1) is 8.83. The highest BCUT2D eigenvalue weighted by Crippen LogP contribution is 2.26. The lowest BCUT2D eigenvalue weighted by atomic mass is 10.0. The molecule has 0 aliphatic heterocycles. The van der Waals surface area contributed by atoms with Crippen LogP contribution in [0.3, 0.4) is 0 Å². The highest BCUT2D eigenvalue weighted by Gasteiger charge is 2.16. The lowest BCUT2D eigenvalue weighted by molar-refractivity contribution is -0.115. The van der Waals surface area contributed by atoms with Crippen LogP contribution in [0, 0.1) is 0 Å². The minimum absolute atomic E-state index is 0.0900. The van der Waals surface area contributed by atoms with Gasteiger partial charge in [0.1, 0.15) is 0 Å². The van der Waals surface area contributed by atoms with Crippen molar-refractivity contribution < 1.29 is 13.2 Å². The molecule has 106 valence electrons. The summed E-state index contributed by atoms with van der Waals surface area (Å²) >= 11 is 0. The minimum atomic E-state index is -3.73. The summed E-state index contributed by atoms with van der Waals surface area (Å²) in [5.41, 5.74) is 2.28. The molecule has 0 aliphatic carbocycles. The van der Waals surface area contributed by atoms with Gasteiger partial charge in [-0.2, -0.15) is 0 Å². The number of nitrogens with two attached hydrogens (primary N) is 1. The summed E-state index contributed by atoms with van der Waals surface area (Å²) in [6.07, 6.45) is 1.62. The number of hydrogen-bond acceptors (Lipinski definition) is 3. The molecule has 0 atom stereocenters. The molecule has 1 amide bonds. The Balaban J connectivity index is 3.42. The zero-order chi connectivity index (χ0) is 14.6. The second kappa shape index (κ2) is 6.16. The molecule has 1 aromatic rings. The molecule has 19 heavy (non-hydrogen) atoms. The van der Waals surface area contributed by atoms with Gasteiger partial charge in [0.05, 0.1) is 4.90 Å². The molecule has 0 saturated carbocycles. The molecule has 1 rings (SSSR count). The molecular formula is C13H20N2O3S. The van der Waals surface area contributed by atoms with Gasteiger partial charge >= 0.3 is 0 Å². The van der Waals surface area contributed by atoms with Crippen molar-refractivity contribution in [3.63, 3.8) is 0 Å². The zero-order valence-corrected chi connectivity index (χ0v) is 12.3. The molecule has 0 fully saturated rings. The Morgan fingerprint density at radius 3 is 1.95 bits per heavy atom. The molecule has 5 nitrogen and oxygen atoms in total. The third-order valence-electron chi connectivity index (χ3n) is 2.95. The van der Waals surface area contributed by atoms with E-state index in [2.05, 4.69) is 5.32 Å². The van der Waals surface area contributed by atoms with Crippen molar-refractivity contribution in [3.8, 4) is 0 Å². The van der Waals surface area contributed by atoms with Crippen LogP contribution in [0.25, 0.3) is 0 Å². The molecule has 0 aliphatic rings. The van der Waals surface area contributed by atoms with Crippen molar-refractivity contribution in [2.24, 2.45) is 5.14 Å². The van der Waals surface area contributed by atoms with Crippen molar-refractivity contribution in [1.29, 1.82) is 0 Å². The summed E-state index contributed by atoms with van der Waals surface area (Å²) in [7, 11) is -3.73. The average molecular weight is 284 g/mol. The molecule has 1 aromatic carbocycles. The summed E-state index contributed by atoms with van der Waals surface area (Å²) in [5, 5.41) is 8.00. The van der Waals surface area contributed by atoms with Crippen LogP contribution in [-0.4, -0.2) is 14.3 Å². The molecule has 0 aromatic heterocycles. The summed E-state index contributed by atoms with van der Waals surface area (Å²) in [6.45, 7) is 5.58. The predicted molar refractivity (Wildman–Crippen MR) is 75.5 cm³/mol. The fourth-order valence-electron chi connectivity index (χ4n) is 1.85. The number of nitrogens with one attached hydrogen (secondary N) is 1. The number of anilines is 1. The van der Waals surface area contributed by atoms with Crippen LogP contribution in [0.4, 0.5) is 5.69 Å².